The molecule has 0 unspecified atom stereocenters. The Morgan fingerprint density at radius 3 is 1.43 bits per heavy atom. The molecule has 0 spiro atoms. The average molecular weight is 1100 g/mol. The van der Waals surface area contributed by atoms with Crippen LogP contribution in [0.5, 0.6) is 11.5 Å². The number of nitrogens with one attached hydrogen (secondary N) is 2. The lowest BCUT2D eigenvalue weighted by atomic mass is 10.2. The van der Waals surface area contributed by atoms with Gasteiger partial charge in [-0.15, -0.1) is 68.4 Å². The predicted molar refractivity (Wildman–Crippen MR) is 269 cm³/mol. The monoisotopic (exact) mass is 1100 g/mol. The first-order chi connectivity index (χ1) is 33.0. The van der Waals surface area contributed by atoms with Gasteiger partial charge in [0.25, 0.3) is 10.1 Å². The normalized spacial score (nSPS) is 11.3. The van der Waals surface area contributed by atoms with Crippen molar-refractivity contribution in [2.24, 2.45) is 20.5 Å². The number of hydrogen-bond donors (Lipinski definition) is 3. The molecular weight excluding hydrogens is 1060 g/mol. The smallest absolute Gasteiger partial charge is 0.425 e. The van der Waals surface area contributed by atoms with Crippen LogP contribution in [-0.2, 0) is 31.3 Å². The molecule has 24 nitrogen and oxygen atoms in total. The summed E-state index contributed by atoms with van der Waals surface area (Å²) in [6.07, 6.45) is 0. The summed E-state index contributed by atoms with van der Waals surface area (Å²) >= 11 is 6.45. The van der Waals surface area contributed by atoms with Crippen molar-refractivity contribution in [2.75, 3.05) is 72.3 Å². The summed E-state index contributed by atoms with van der Waals surface area (Å²) in [5, 5.41) is 31.9. The van der Waals surface area contributed by atoms with Gasteiger partial charge in [-0.05, 0) is 87.2 Å². The van der Waals surface area contributed by atoms with E-state index in [1.54, 1.807) is 14.2 Å². The second-order valence-electron chi connectivity index (χ2n) is 13.1. The number of fused-ring (bicyclic) bond motifs is 2. The number of azo groups is 2. The molecular formula is C37H41N13O11S8. The third-order valence-corrected chi connectivity index (χ3v) is 14.4. The number of nitrogens with zero attached hydrogens (tertiary/aromatic N) is 11. The number of aromatic nitrogens is 5. The topological polar surface area (TPSA) is 320 Å². The molecule has 0 saturated heterocycles. The van der Waals surface area contributed by atoms with Crippen LogP contribution in [0.1, 0.15) is 27.7 Å². The summed E-state index contributed by atoms with van der Waals surface area (Å²) in [7, 11) is -7.25. The lowest BCUT2D eigenvalue weighted by Gasteiger charge is -2.22. The van der Waals surface area contributed by atoms with Gasteiger partial charge in [0, 0.05) is 54.1 Å². The molecule has 0 aliphatic rings. The summed E-state index contributed by atoms with van der Waals surface area (Å²) in [6, 6.07) is 11.6. The van der Waals surface area contributed by atoms with Crippen LogP contribution in [0.15, 0.2) is 72.8 Å². The average Bonchev–Trinajstić information content (AvgIpc) is 4.10. The number of anilines is 6. The van der Waals surface area contributed by atoms with Crippen LogP contribution in [0.4, 0.5) is 56.0 Å². The molecule has 5 aromatic heterocycles. The minimum Gasteiger partial charge on any atom is -0.495 e. The van der Waals surface area contributed by atoms with E-state index in [9.17, 15) is 13.0 Å². The standard InChI is InChI=1S/C37H41N13O5S6.2O3S/c1-7-49(8-2)21-11-13-23(43-45-31-29-27(54-5)19-57-33(29)47-59-31)25(17-21)38-35-40-36(42-37(41-35)56-15-16-61(51,52)53)39-26-18-22(50(9-3)10-4)12-14-24(26)44-46-32-30-28(55-6)20-58-34(30)48-60-32;2*1-4(2)3/h11-14,17-20H,7-10,15-16H2,1-6H3,(H,51,52,53)(H2,38,39,40,41,42);;. The summed E-state index contributed by atoms with van der Waals surface area (Å²) in [5.41, 5.74) is 3.96. The molecule has 0 aliphatic heterocycles. The van der Waals surface area contributed by atoms with Gasteiger partial charge < -0.3 is 29.9 Å². The van der Waals surface area contributed by atoms with Crippen LogP contribution in [-0.4, -0.2) is 114 Å². The molecule has 368 valence electrons. The summed E-state index contributed by atoms with van der Waals surface area (Å²) in [5.74, 6) is 1.12. The van der Waals surface area contributed by atoms with Gasteiger partial charge in [-0.3, -0.25) is 4.55 Å². The molecule has 0 radical (unpaired) electrons. The van der Waals surface area contributed by atoms with E-state index >= 15 is 0 Å². The third-order valence-electron chi connectivity index (χ3n) is 9.17. The Morgan fingerprint density at radius 1 is 0.667 bits per heavy atom. The predicted octanol–water partition coefficient (Wildman–Crippen LogP) is 9.21. The molecule has 0 aliphatic carbocycles. The third kappa shape index (κ3) is 15.3. The number of rotatable bonds is 20. The Bertz CT molecular complexity index is 3080. The fraction of sp³-hybridized carbons (Fsp3) is 0.324. The highest BCUT2D eigenvalue weighted by Crippen LogP contribution is 2.44. The largest absolute Gasteiger partial charge is 0.495 e. The molecule has 0 bridgehead atoms. The van der Waals surface area contributed by atoms with Crippen molar-refractivity contribution in [2.45, 2.75) is 32.9 Å². The molecule has 0 saturated carbocycles. The van der Waals surface area contributed by atoms with Crippen molar-refractivity contribution in [3.8, 4) is 11.5 Å². The van der Waals surface area contributed by atoms with Crippen LogP contribution >= 0.6 is 57.5 Å². The Hall–Kier alpha value is -5.87. The number of ether oxygens (including phenoxy) is 2. The zero-order chi connectivity index (χ0) is 50.3. The fourth-order valence-corrected chi connectivity index (χ4v) is 11.2. The second kappa shape index (κ2) is 25.7. The lowest BCUT2D eigenvalue weighted by molar-refractivity contribution is 0.421. The fourth-order valence-electron chi connectivity index (χ4n) is 6.09. The van der Waals surface area contributed by atoms with Crippen molar-refractivity contribution in [3.05, 3.63) is 47.2 Å². The Morgan fingerprint density at radius 2 is 1.07 bits per heavy atom. The molecule has 0 fully saturated rings. The van der Waals surface area contributed by atoms with E-state index in [1.165, 1.54) is 45.7 Å². The van der Waals surface area contributed by atoms with Crippen molar-refractivity contribution in [3.63, 3.8) is 0 Å². The first-order valence-electron chi connectivity index (χ1n) is 19.9. The van der Waals surface area contributed by atoms with E-state index in [0.29, 0.717) is 44.3 Å². The second-order valence-corrected chi connectivity index (χ2v) is 19.8. The van der Waals surface area contributed by atoms with Gasteiger partial charge in [-0.1, -0.05) is 11.8 Å². The minimum atomic E-state index is -4.24. The summed E-state index contributed by atoms with van der Waals surface area (Å²) in [6.45, 7) is 11.4. The maximum Gasteiger partial charge on any atom is 0.425 e. The molecule has 2 aromatic carbocycles. The van der Waals surface area contributed by atoms with Crippen LogP contribution in [0.25, 0.3) is 20.4 Å². The van der Waals surface area contributed by atoms with E-state index < -0.39 is 37.1 Å². The number of thioether (sulfide) groups is 1. The highest BCUT2D eigenvalue weighted by molar-refractivity contribution is 8.00. The van der Waals surface area contributed by atoms with Crippen molar-refractivity contribution < 1.29 is 47.7 Å². The maximum atomic E-state index is 11.7. The van der Waals surface area contributed by atoms with Gasteiger partial charge in [0.2, 0.25) is 11.9 Å². The van der Waals surface area contributed by atoms with E-state index in [2.05, 4.69) is 87.3 Å². The molecule has 0 atom stereocenters. The van der Waals surface area contributed by atoms with Crippen molar-refractivity contribution in [1.29, 1.82) is 0 Å². The van der Waals surface area contributed by atoms with E-state index in [4.69, 9.17) is 39.7 Å². The van der Waals surface area contributed by atoms with Gasteiger partial charge in [0.05, 0.1) is 42.1 Å². The molecule has 7 aromatic rings. The highest BCUT2D eigenvalue weighted by atomic mass is 32.2. The van der Waals surface area contributed by atoms with E-state index in [0.717, 1.165) is 69.7 Å². The van der Waals surface area contributed by atoms with Gasteiger partial charge in [-0.25, -0.2) is 0 Å². The quantitative estimate of drug-likeness (QED) is 0.0363. The minimum absolute atomic E-state index is 0.0136. The number of benzene rings is 2. The van der Waals surface area contributed by atoms with E-state index in [-0.39, 0.29) is 22.8 Å². The maximum absolute atomic E-state index is 11.7. The molecule has 32 heteroatoms. The first kappa shape index (κ1) is 54.1. The van der Waals surface area contributed by atoms with Gasteiger partial charge in [-0.2, -0.15) is 32.1 Å². The van der Waals surface area contributed by atoms with Crippen molar-refractivity contribution in [1.82, 2.24) is 23.7 Å². The highest BCUT2D eigenvalue weighted by Gasteiger charge is 2.19. The Kier molecular flexibility index (Phi) is 20.1. The van der Waals surface area contributed by atoms with Crippen LogP contribution in [0, 0.1) is 0 Å². The van der Waals surface area contributed by atoms with E-state index in [1.807, 2.05) is 47.2 Å². The molecule has 69 heavy (non-hydrogen) atoms. The zero-order valence-corrected chi connectivity index (χ0v) is 43.6. The lowest BCUT2D eigenvalue weighted by Crippen LogP contribution is -2.21. The zero-order valence-electron chi connectivity index (χ0n) is 37.1. The van der Waals surface area contributed by atoms with Gasteiger partial charge in [0.15, 0.2) is 15.2 Å². The number of hydrogen-bond acceptors (Lipinski definition) is 28. The van der Waals surface area contributed by atoms with Crippen LogP contribution in [0.2, 0.25) is 0 Å². The SMILES string of the molecule is CCN(CC)c1ccc(N=Nc2snc3scc(OC)c23)c(Nc2nc(Nc3cc(N(CC)CC)ccc3N=Nc3snc4scc(OC)c34)nc(SCCS(=O)(=O)O)n2)c1.O=S(=O)=O.O=S(=O)=O. The Labute approximate surface area is 418 Å². The number of thiophene rings is 2. The Balaban J connectivity index is 0.00000103. The summed E-state index contributed by atoms with van der Waals surface area (Å²) in [4.78, 5) is 20.1. The first-order valence-corrected chi connectivity index (χ1v) is 27.8. The van der Waals surface area contributed by atoms with Crippen LogP contribution < -0.4 is 29.9 Å². The molecule has 3 N–H and O–H groups in total. The molecule has 7 rings (SSSR count). The number of methoxy groups -OCH3 is 2. The molecule has 5 heterocycles. The van der Waals surface area contributed by atoms with Crippen molar-refractivity contribution >= 4 is 165 Å². The van der Waals surface area contributed by atoms with Crippen LogP contribution in [0.3, 0.4) is 0 Å². The van der Waals surface area contributed by atoms with Gasteiger partial charge in [0.1, 0.15) is 32.5 Å². The summed E-state index contributed by atoms with van der Waals surface area (Å²) < 4.78 is 104. The van der Waals surface area contributed by atoms with Gasteiger partial charge >= 0.3 is 21.2 Å². The molecule has 0 amide bonds.